The Bertz CT molecular complexity index is 1240. The molecule has 4 aliphatic rings. The molecule has 9 atom stereocenters. The average Bonchev–Trinajstić information content (AvgIpc) is 3.41. The highest BCUT2D eigenvalue weighted by atomic mass is 32.1. The van der Waals surface area contributed by atoms with E-state index in [1.165, 1.54) is 18.3 Å². The van der Waals surface area contributed by atoms with Crippen LogP contribution in [0.15, 0.2) is 28.7 Å². The van der Waals surface area contributed by atoms with Gasteiger partial charge in [0.05, 0.1) is 12.7 Å². The zero-order chi connectivity index (χ0) is 29.4. The number of aliphatic hydroxyl groups is 3. The van der Waals surface area contributed by atoms with Crippen molar-refractivity contribution in [3.8, 4) is 0 Å². The second-order valence-electron chi connectivity index (χ2n) is 12.9. The molecule has 1 saturated heterocycles. The fourth-order valence-corrected chi connectivity index (χ4v) is 8.56. The molecule has 2 bridgehead atoms. The van der Waals surface area contributed by atoms with E-state index in [0.29, 0.717) is 24.0 Å². The Balaban J connectivity index is 1.59. The van der Waals surface area contributed by atoms with Crippen molar-refractivity contribution in [3.63, 3.8) is 0 Å². The number of carbonyl (C=O) groups is 3. The molecule has 1 aromatic rings. The quantitative estimate of drug-likeness (QED) is 0.356. The lowest BCUT2D eigenvalue weighted by Crippen LogP contribution is -2.77. The summed E-state index contributed by atoms with van der Waals surface area (Å²) in [4.78, 5) is 40.7. The molecule has 3 fully saturated rings. The number of hydrogen-bond acceptors (Lipinski definition) is 10. The van der Waals surface area contributed by atoms with Gasteiger partial charge < -0.3 is 29.5 Å². The highest BCUT2D eigenvalue weighted by Crippen LogP contribution is 2.63. The van der Waals surface area contributed by atoms with Gasteiger partial charge in [-0.05, 0) is 36.8 Å². The number of ketones is 1. The van der Waals surface area contributed by atoms with Crippen LogP contribution in [-0.2, 0) is 28.6 Å². The number of Topliss-reactive ketones (excluding diaryl/α,β-unsaturated/α-hetero) is 1. The topological polar surface area (TPSA) is 140 Å². The minimum absolute atomic E-state index is 0.00919. The molecule has 3 N–H and O–H groups in total. The van der Waals surface area contributed by atoms with Crippen LogP contribution in [0.1, 0.15) is 78.0 Å². The molecule has 3 aliphatic carbocycles. The number of thiophene rings is 1. The second kappa shape index (κ2) is 9.73. The van der Waals surface area contributed by atoms with Crippen LogP contribution in [-0.4, -0.2) is 75.3 Å². The molecule has 2 saturated carbocycles. The van der Waals surface area contributed by atoms with Gasteiger partial charge in [-0.15, -0.1) is 11.3 Å². The maximum absolute atomic E-state index is 14.1. The van der Waals surface area contributed by atoms with Gasteiger partial charge in [-0.3, -0.25) is 9.59 Å². The Morgan fingerprint density at radius 2 is 1.90 bits per heavy atom. The van der Waals surface area contributed by atoms with E-state index >= 15 is 0 Å². The van der Waals surface area contributed by atoms with E-state index < -0.39 is 70.2 Å². The number of carbonyl (C=O) groups excluding carboxylic acids is 3. The molecule has 220 valence electrons. The van der Waals surface area contributed by atoms with E-state index in [4.69, 9.17) is 14.2 Å². The van der Waals surface area contributed by atoms with Gasteiger partial charge in [-0.25, -0.2) is 4.79 Å². The first kappa shape index (κ1) is 29.4. The summed E-state index contributed by atoms with van der Waals surface area (Å²) in [5.74, 6) is -3.06. The van der Waals surface area contributed by atoms with Crippen molar-refractivity contribution in [2.75, 3.05) is 6.61 Å². The Kier molecular flexibility index (Phi) is 7.15. The molecule has 0 radical (unpaired) electrons. The van der Waals surface area contributed by atoms with E-state index in [-0.39, 0.29) is 25.2 Å². The Labute approximate surface area is 238 Å². The van der Waals surface area contributed by atoms with Gasteiger partial charge in [0.25, 0.3) is 0 Å². The molecule has 2 heterocycles. The standard InChI is InChI=1S/C30H40O9S/c1-15-18-12-21(32)28(6)10-9-22-29(35,14-37-22)24(28)25(38-17(3)31)30(36,27(18,4)5)13-19(15)39-26(34)23(33)16(2)20-8-7-11-40-20/h7-8,11,16,19,22-25,33,35-36H,9-10,12-14H2,1-6H3/t16-,19?,22+,23+,24-,25-,28-,29-,30+/m0/s1. The van der Waals surface area contributed by atoms with Crippen LogP contribution in [0.5, 0.6) is 0 Å². The van der Waals surface area contributed by atoms with Gasteiger partial charge in [-0.1, -0.05) is 39.3 Å². The van der Waals surface area contributed by atoms with Crippen LogP contribution in [0.25, 0.3) is 0 Å². The first-order valence-corrected chi connectivity index (χ1v) is 14.8. The highest BCUT2D eigenvalue weighted by molar-refractivity contribution is 7.10. The number of rotatable bonds is 5. The van der Waals surface area contributed by atoms with Crippen LogP contribution in [0.4, 0.5) is 0 Å². The maximum atomic E-state index is 14.1. The maximum Gasteiger partial charge on any atom is 0.336 e. The fourth-order valence-electron chi connectivity index (χ4n) is 7.75. The van der Waals surface area contributed by atoms with Crippen LogP contribution in [0.3, 0.4) is 0 Å². The molecule has 1 aliphatic heterocycles. The molecular weight excluding hydrogens is 536 g/mol. The average molecular weight is 577 g/mol. The van der Waals surface area contributed by atoms with Gasteiger partial charge in [0.1, 0.15) is 29.2 Å². The molecule has 9 nitrogen and oxygen atoms in total. The molecule has 0 spiro atoms. The largest absolute Gasteiger partial charge is 0.459 e. The summed E-state index contributed by atoms with van der Waals surface area (Å²) in [6.45, 7) is 10.1. The molecule has 0 amide bonds. The normalized spacial score (nSPS) is 40.0. The van der Waals surface area contributed by atoms with Crippen LogP contribution in [0, 0.1) is 16.7 Å². The lowest BCUT2D eigenvalue weighted by molar-refractivity contribution is -0.329. The van der Waals surface area contributed by atoms with Crippen molar-refractivity contribution < 1.29 is 43.9 Å². The van der Waals surface area contributed by atoms with Crippen LogP contribution in [0.2, 0.25) is 0 Å². The van der Waals surface area contributed by atoms with E-state index in [0.717, 1.165) is 4.88 Å². The lowest BCUT2D eigenvalue weighted by Gasteiger charge is -2.65. The predicted molar refractivity (Wildman–Crippen MR) is 145 cm³/mol. The van der Waals surface area contributed by atoms with Gasteiger partial charge in [0, 0.05) is 47.3 Å². The Morgan fingerprint density at radius 3 is 2.48 bits per heavy atom. The molecule has 10 heteroatoms. The summed E-state index contributed by atoms with van der Waals surface area (Å²) < 4.78 is 17.4. The van der Waals surface area contributed by atoms with E-state index in [1.54, 1.807) is 34.6 Å². The minimum atomic E-state index is -1.82. The molecular formula is C30H40O9S. The van der Waals surface area contributed by atoms with Crippen molar-refractivity contribution in [1.82, 2.24) is 0 Å². The summed E-state index contributed by atoms with van der Waals surface area (Å²) in [5.41, 5.74) is -4.20. The van der Waals surface area contributed by atoms with E-state index in [9.17, 15) is 29.7 Å². The fraction of sp³-hybridized carbons (Fsp3) is 0.700. The highest BCUT2D eigenvalue weighted by Gasteiger charge is 2.73. The Hall–Kier alpha value is -2.11. The first-order chi connectivity index (χ1) is 18.6. The van der Waals surface area contributed by atoms with Crippen molar-refractivity contribution in [2.24, 2.45) is 16.7 Å². The van der Waals surface area contributed by atoms with E-state index in [2.05, 4.69) is 0 Å². The molecule has 1 unspecified atom stereocenters. The number of fused-ring (bicyclic) bond motifs is 5. The number of esters is 2. The monoisotopic (exact) mass is 576 g/mol. The summed E-state index contributed by atoms with van der Waals surface area (Å²) >= 11 is 1.43. The van der Waals surface area contributed by atoms with Gasteiger partial charge in [-0.2, -0.15) is 0 Å². The third-order valence-corrected chi connectivity index (χ3v) is 11.6. The van der Waals surface area contributed by atoms with Crippen LogP contribution >= 0.6 is 11.3 Å². The van der Waals surface area contributed by atoms with Crippen molar-refractivity contribution >= 4 is 29.1 Å². The second-order valence-corrected chi connectivity index (χ2v) is 13.9. The SMILES string of the molecule is CC(=O)O[C@H]1[C@@H]2[C@]3(O)CO[C@@H]3CC[C@@]2(C)C(=O)CC2=C(C)C(OC(=O)[C@H](O)[C@@H](C)c3cccs3)C[C@]1(O)C2(C)C. The molecule has 5 rings (SSSR count). The van der Waals surface area contributed by atoms with Crippen molar-refractivity contribution in [3.05, 3.63) is 33.5 Å². The Morgan fingerprint density at radius 1 is 1.20 bits per heavy atom. The zero-order valence-electron chi connectivity index (χ0n) is 23.9. The van der Waals surface area contributed by atoms with Crippen molar-refractivity contribution in [2.45, 2.75) is 109 Å². The van der Waals surface area contributed by atoms with Gasteiger partial charge in [0.2, 0.25) is 0 Å². The third-order valence-electron chi connectivity index (χ3n) is 10.5. The summed E-state index contributed by atoms with van der Waals surface area (Å²) in [5, 5.41) is 37.3. The predicted octanol–water partition coefficient (Wildman–Crippen LogP) is 3.05. The van der Waals surface area contributed by atoms with Gasteiger partial charge >= 0.3 is 11.9 Å². The number of ether oxygens (including phenoxy) is 3. The van der Waals surface area contributed by atoms with Crippen molar-refractivity contribution in [1.29, 1.82) is 0 Å². The summed E-state index contributed by atoms with van der Waals surface area (Å²) in [7, 11) is 0. The summed E-state index contributed by atoms with van der Waals surface area (Å²) in [6, 6.07) is 3.67. The lowest BCUT2D eigenvalue weighted by atomic mass is 9.46. The number of hydrogen-bond donors (Lipinski definition) is 3. The molecule has 1 aromatic heterocycles. The third kappa shape index (κ3) is 4.13. The smallest absolute Gasteiger partial charge is 0.336 e. The molecule has 0 aromatic carbocycles. The zero-order valence-corrected chi connectivity index (χ0v) is 24.7. The van der Waals surface area contributed by atoms with Gasteiger partial charge in [0.15, 0.2) is 6.10 Å². The minimum Gasteiger partial charge on any atom is -0.459 e. The number of aliphatic hydroxyl groups excluding tert-OH is 1. The summed E-state index contributed by atoms with van der Waals surface area (Å²) in [6.07, 6.45) is -3.50. The molecule has 40 heavy (non-hydrogen) atoms. The first-order valence-electron chi connectivity index (χ1n) is 14.0. The van der Waals surface area contributed by atoms with Crippen LogP contribution < -0.4 is 0 Å². The van der Waals surface area contributed by atoms with E-state index in [1.807, 2.05) is 17.5 Å².